The normalized spacial score (nSPS) is 10.5. The molecule has 1 heterocycles. The number of hydrogen-bond donors (Lipinski definition) is 1. The maximum atomic E-state index is 12.1. The summed E-state index contributed by atoms with van der Waals surface area (Å²) < 4.78 is 21.2. The van der Waals surface area contributed by atoms with Crippen LogP contribution in [0.4, 0.5) is 6.01 Å². The Morgan fingerprint density at radius 3 is 2.47 bits per heavy atom. The molecule has 0 bridgehead atoms. The molecule has 0 aliphatic heterocycles. The van der Waals surface area contributed by atoms with Gasteiger partial charge in [0.25, 0.3) is 0 Å². The lowest BCUT2D eigenvalue weighted by atomic mass is 10.2. The fourth-order valence-electron chi connectivity index (χ4n) is 2.64. The molecule has 0 atom stereocenters. The van der Waals surface area contributed by atoms with Crippen molar-refractivity contribution in [2.45, 2.75) is 17.7 Å². The van der Waals surface area contributed by atoms with Crippen molar-refractivity contribution in [3.63, 3.8) is 0 Å². The van der Waals surface area contributed by atoms with Crippen LogP contribution in [0.3, 0.4) is 0 Å². The van der Waals surface area contributed by atoms with E-state index in [2.05, 4.69) is 15.5 Å². The van der Waals surface area contributed by atoms with Crippen LogP contribution in [0.2, 0.25) is 0 Å². The molecule has 0 saturated heterocycles. The van der Waals surface area contributed by atoms with Crippen molar-refractivity contribution >= 4 is 23.7 Å². The Labute approximate surface area is 178 Å². The second-order valence-electron chi connectivity index (χ2n) is 6.16. The zero-order valence-corrected chi connectivity index (χ0v) is 17.8. The first-order valence-electron chi connectivity index (χ1n) is 9.25. The van der Waals surface area contributed by atoms with Gasteiger partial charge < -0.3 is 18.6 Å². The first-order valence-corrected chi connectivity index (χ1v) is 10.2. The van der Waals surface area contributed by atoms with E-state index < -0.39 is 0 Å². The van der Waals surface area contributed by atoms with Gasteiger partial charge in [-0.2, -0.15) is 0 Å². The highest BCUT2D eigenvalue weighted by Gasteiger charge is 2.14. The van der Waals surface area contributed by atoms with E-state index in [1.165, 1.54) is 0 Å². The molecule has 30 heavy (non-hydrogen) atoms. The maximum absolute atomic E-state index is 12.1. The Hall–Kier alpha value is -3.20. The summed E-state index contributed by atoms with van der Waals surface area (Å²) in [4.78, 5) is 13.3. The number of thioether (sulfide) groups is 1. The second kappa shape index (κ2) is 10.5. The first kappa shape index (κ1) is 21.5. The minimum Gasteiger partial charge on any atom is -0.497 e. The number of ether oxygens (including phenoxy) is 3. The first-order chi connectivity index (χ1) is 14.6. The number of aromatic nitrogens is 2. The Balaban J connectivity index is 1.47. The Kier molecular flexibility index (Phi) is 7.56. The van der Waals surface area contributed by atoms with Crippen LogP contribution in [0.5, 0.6) is 17.2 Å². The van der Waals surface area contributed by atoms with Gasteiger partial charge in [-0.3, -0.25) is 10.1 Å². The molecule has 2 aromatic carbocycles. The number of carbonyl (C=O) groups is 1. The zero-order chi connectivity index (χ0) is 21.3. The summed E-state index contributed by atoms with van der Waals surface area (Å²) in [5.41, 5.74) is 0.663. The van der Waals surface area contributed by atoms with Gasteiger partial charge in [-0.1, -0.05) is 5.10 Å². The van der Waals surface area contributed by atoms with E-state index in [1.807, 2.05) is 24.3 Å². The number of rotatable bonds is 10. The van der Waals surface area contributed by atoms with Crippen LogP contribution in [-0.2, 0) is 4.79 Å². The quantitative estimate of drug-likeness (QED) is 0.377. The lowest BCUT2D eigenvalue weighted by Crippen LogP contribution is -2.11. The largest absolute Gasteiger partial charge is 0.497 e. The fourth-order valence-corrected chi connectivity index (χ4v) is 3.49. The summed E-state index contributed by atoms with van der Waals surface area (Å²) in [5.74, 6) is 2.90. The summed E-state index contributed by atoms with van der Waals surface area (Å²) in [7, 11) is 4.75. The summed E-state index contributed by atoms with van der Waals surface area (Å²) in [6.07, 6.45) is 1.08. The SMILES string of the molecule is COc1ccc(SCCCC(=O)Nc2nnc(-c3ccc(OC)c(OC)c3)o2)cc1. The minimum atomic E-state index is -0.173. The number of amides is 1. The Bertz CT molecular complexity index is 975. The molecule has 0 radical (unpaired) electrons. The van der Waals surface area contributed by atoms with E-state index in [0.29, 0.717) is 23.5 Å². The minimum absolute atomic E-state index is 0.0626. The van der Waals surface area contributed by atoms with E-state index in [9.17, 15) is 4.79 Å². The second-order valence-corrected chi connectivity index (χ2v) is 7.33. The molecular formula is C21H23N3O5S. The molecule has 8 nitrogen and oxygen atoms in total. The molecule has 158 valence electrons. The molecular weight excluding hydrogens is 406 g/mol. The van der Waals surface area contributed by atoms with E-state index >= 15 is 0 Å². The van der Waals surface area contributed by atoms with Crippen LogP contribution in [-0.4, -0.2) is 43.2 Å². The van der Waals surface area contributed by atoms with Gasteiger partial charge in [-0.15, -0.1) is 16.9 Å². The van der Waals surface area contributed by atoms with Crippen LogP contribution in [0.25, 0.3) is 11.5 Å². The maximum Gasteiger partial charge on any atom is 0.322 e. The van der Waals surface area contributed by atoms with Crippen molar-refractivity contribution < 1.29 is 23.4 Å². The highest BCUT2D eigenvalue weighted by molar-refractivity contribution is 7.99. The number of nitrogens with one attached hydrogen (secondary N) is 1. The number of benzene rings is 2. The van der Waals surface area contributed by atoms with Crippen LogP contribution in [0.15, 0.2) is 51.8 Å². The number of hydrogen-bond acceptors (Lipinski definition) is 8. The molecule has 1 aromatic heterocycles. The third-order valence-corrected chi connectivity index (χ3v) is 5.28. The molecule has 1 amide bonds. The lowest BCUT2D eigenvalue weighted by molar-refractivity contribution is -0.116. The number of methoxy groups -OCH3 is 3. The molecule has 0 spiro atoms. The van der Waals surface area contributed by atoms with Gasteiger partial charge in [0.2, 0.25) is 11.8 Å². The van der Waals surface area contributed by atoms with Crippen molar-refractivity contribution in [2.24, 2.45) is 0 Å². The summed E-state index contributed by atoms with van der Waals surface area (Å²) in [5, 5.41) is 10.5. The van der Waals surface area contributed by atoms with Crippen molar-refractivity contribution in [1.29, 1.82) is 0 Å². The van der Waals surface area contributed by atoms with Gasteiger partial charge in [-0.05, 0) is 54.6 Å². The third-order valence-electron chi connectivity index (χ3n) is 4.18. The topological polar surface area (TPSA) is 95.7 Å². The molecule has 9 heteroatoms. The van der Waals surface area contributed by atoms with Gasteiger partial charge in [0.1, 0.15) is 5.75 Å². The number of anilines is 1. The van der Waals surface area contributed by atoms with Crippen LogP contribution in [0, 0.1) is 0 Å². The van der Waals surface area contributed by atoms with Crippen molar-refractivity contribution in [3.8, 4) is 28.7 Å². The van der Waals surface area contributed by atoms with Crippen LogP contribution in [0.1, 0.15) is 12.8 Å². The molecule has 3 aromatic rings. The summed E-state index contributed by atoms with van der Waals surface area (Å²) in [6, 6.07) is 13.1. The van der Waals surface area contributed by atoms with Crippen LogP contribution < -0.4 is 19.5 Å². The monoisotopic (exact) mass is 429 g/mol. The fraction of sp³-hybridized carbons (Fsp3) is 0.286. The zero-order valence-electron chi connectivity index (χ0n) is 17.0. The Morgan fingerprint density at radius 1 is 1.00 bits per heavy atom. The van der Waals surface area contributed by atoms with Crippen molar-refractivity contribution in [3.05, 3.63) is 42.5 Å². The third kappa shape index (κ3) is 5.66. The average Bonchev–Trinajstić information content (AvgIpc) is 3.25. The van der Waals surface area contributed by atoms with E-state index in [-0.39, 0.29) is 17.8 Å². The molecule has 3 rings (SSSR count). The van der Waals surface area contributed by atoms with Gasteiger partial charge in [0.15, 0.2) is 11.5 Å². The molecule has 0 aliphatic carbocycles. The van der Waals surface area contributed by atoms with Gasteiger partial charge in [0.05, 0.1) is 21.3 Å². The number of nitrogens with zero attached hydrogens (tertiary/aromatic N) is 2. The smallest absolute Gasteiger partial charge is 0.322 e. The molecule has 0 unspecified atom stereocenters. The van der Waals surface area contributed by atoms with Gasteiger partial charge in [-0.25, -0.2) is 0 Å². The molecule has 0 aliphatic rings. The lowest BCUT2D eigenvalue weighted by Gasteiger charge is -2.07. The van der Waals surface area contributed by atoms with Gasteiger partial charge >= 0.3 is 6.01 Å². The number of carbonyl (C=O) groups excluding carboxylic acids is 1. The summed E-state index contributed by atoms with van der Waals surface area (Å²) >= 11 is 1.69. The average molecular weight is 429 g/mol. The molecule has 1 N–H and O–H groups in total. The van der Waals surface area contributed by atoms with Crippen molar-refractivity contribution in [1.82, 2.24) is 10.2 Å². The summed E-state index contributed by atoms with van der Waals surface area (Å²) in [6.45, 7) is 0. The molecule has 0 saturated carbocycles. The van der Waals surface area contributed by atoms with Crippen molar-refractivity contribution in [2.75, 3.05) is 32.4 Å². The molecule has 0 fully saturated rings. The van der Waals surface area contributed by atoms with Crippen LogP contribution >= 0.6 is 11.8 Å². The van der Waals surface area contributed by atoms with E-state index in [0.717, 1.165) is 22.8 Å². The predicted octanol–water partition coefficient (Wildman–Crippen LogP) is 4.27. The predicted molar refractivity (Wildman–Crippen MR) is 114 cm³/mol. The van der Waals surface area contributed by atoms with E-state index in [4.69, 9.17) is 18.6 Å². The van der Waals surface area contributed by atoms with Gasteiger partial charge in [0, 0.05) is 16.9 Å². The standard InChI is InChI=1S/C21H23N3O5S/c1-26-15-7-9-16(10-8-15)30-12-4-5-19(25)22-21-24-23-20(29-21)14-6-11-17(27-2)18(13-14)28-3/h6-11,13H,4-5,12H2,1-3H3,(H,22,24,25). The highest BCUT2D eigenvalue weighted by atomic mass is 32.2. The highest BCUT2D eigenvalue weighted by Crippen LogP contribution is 2.32. The Morgan fingerprint density at radius 2 is 1.77 bits per heavy atom. The van der Waals surface area contributed by atoms with E-state index in [1.54, 1.807) is 51.3 Å².